The van der Waals surface area contributed by atoms with Crippen molar-refractivity contribution in [1.82, 2.24) is 20.0 Å². The summed E-state index contributed by atoms with van der Waals surface area (Å²) in [7, 11) is 0. The van der Waals surface area contributed by atoms with Gasteiger partial charge >= 0.3 is 0 Å². The van der Waals surface area contributed by atoms with Crippen molar-refractivity contribution in [2.45, 2.75) is 51.4 Å². The van der Waals surface area contributed by atoms with E-state index in [1.165, 1.54) is 6.07 Å². The Labute approximate surface area is 171 Å². The Kier molecular flexibility index (Phi) is 5.96. The standard InChI is InChI=1S/C22H29FN4O2/c1-15-12-27(13-16(2)29-15)22(28)19-11-24-25-21(19)17-7-9-26(10-8-17)14-18-5-3-4-6-20(18)23/h3-6,11,15-17H,7-10,12-14H2,1-2H3,(H,24,25)/t15-,16+. The molecule has 0 saturated carbocycles. The predicted molar refractivity (Wildman–Crippen MR) is 108 cm³/mol. The van der Waals surface area contributed by atoms with Crippen molar-refractivity contribution in [1.29, 1.82) is 0 Å². The second-order valence-electron chi connectivity index (χ2n) is 8.31. The first-order chi connectivity index (χ1) is 14.0. The van der Waals surface area contributed by atoms with E-state index >= 15 is 0 Å². The summed E-state index contributed by atoms with van der Waals surface area (Å²) >= 11 is 0. The molecular weight excluding hydrogens is 371 g/mol. The summed E-state index contributed by atoms with van der Waals surface area (Å²) in [4.78, 5) is 17.3. The van der Waals surface area contributed by atoms with E-state index in [1.807, 2.05) is 30.9 Å². The Hall–Kier alpha value is -2.25. The number of carbonyl (C=O) groups is 1. The molecule has 7 heteroatoms. The molecule has 2 saturated heterocycles. The van der Waals surface area contributed by atoms with E-state index in [4.69, 9.17) is 4.74 Å². The van der Waals surface area contributed by atoms with Crippen LogP contribution in [0.5, 0.6) is 0 Å². The molecule has 2 fully saturated rings. The van der Waals surface area contributed by atoms with Gasteiger partial charge < -0.3 is 9.64 Å². The van der Waals surface area contributed by atoms with Gasteiger partial charge in [-0.25, -0.2) is 4.39 Å². The number of hydrogen-bond acceptors (Lipinski definition) is 4. The molecule has 0 bridgehead atoms. The summed E-state index contributed by atoms with van der Waals surface area (Å²) in [6.45, 7) is 7.57. The molecule has 2 aromatic rings. The second-order valence-corrected chi connectivity index (χ2v) is 8.31. The largest absolute Gasteiger partial charge is 0.372 e. The van der Waals surface area contributed by atoms with Gasteiger partial charge in [0.05, 0.1) is 29.7 Å². The maximum atomic E-state index is 13.9. The minimum absolute atomic E-state index is 0.0320. The molecule has 1 aromatic heterocycles. The fourth-order valence-electron chi connectivity index (χ4n) is 4.54. The minimum atomic E-state index is -0.148. The van der Waals surface area contributed by atoms with Crippen LogP contribution in [0, 0.1) is 5.82 Å². The zero-order chi connectivity index (χ0) is 20.4. The molecule has 2 atom stereocenters. The number of aromatic amines is 1. The van der Waals surface area contributed by atoms with E-state index in [2.05, 4.69) is 15.1 Å². The summed E-state index contributed by atoms with van der Waals surface area (Å²) in [6.07, 6.45) is 3.59. The molecule has 0 unspecified atom stereocenters. The number of H-pyrrole nitrogens is 1. The zero-order valence-corrected chi connectivity index (χ0v) is 17.1. The van der Waals surface area contributed by atoms with Crippen molar-refractivity contribution in [3.8, 4) is 0 Å². The average Bonchev–Trinajstić information content (AvgIpc) is 3.19. The van der Waals surface area contributed by atoms with Crippen LogP contribution in [0.4, 0.5) is 4.39 Å². The second kappa shape index (κ2) is 8.63. The monoisotopic (exact) mass is 400 g/mol. The van der Waals surface area contributed by atoms with Crippen LogP contribution < -0.4 is 0 Å². The van der Waals surface area contributed by atoms with E-state index in [1.54, 1.807) is 12.3 Å². The van der Waals surface area contributed by atoms with Gasteiger partial charge in [0.1, 0.15) is 5.82 Å². The summed E-state index contributed by atoms with van der Waals surface area (Å²) in [5, 5.41) is 7.27. The number of hydrogen-bond donors (Lipinski definition) is 1. The van der Waals surface area contributed by atoms with Crippen LogP contribution in [0.1, 0.15) is 54.2 Å². The van der Waals surface area contributed by atoms with Crippen molar-refractivity contribution in [3.63, 3.8) is 0 Å². The van der Waals surface area contributed by atoms with Crippen molar-refractivity contribution in [2.75, 3.05) is 26.2 Å². The summed E-state index contributed by atoms with van der Waals surface area (Å²) in [5.41, 5.74) is 2.35. The highest BCUT2D eigenvalue weighted by Crippen LogP contribution is 2.30. The number of amides is 1. The molecule has 0 spiro atoms. The lowest BCUT2D eigenvalue weighted by Crippen LogP contribution is -2.48. The molecule has 0 radical (unpaired) electrons. The van der Waals surface area contributed by atoms with Crippen LogP contribution in [0.2, 0.25) is 0 Å². The van der Waals surface area contributed by atoms with Crippen molar-refractivity contribution < 1.29 is 13.9 Å². The third kappa shape index (κ3) is 4.51. The van der Waals surface area contributed by atoms with E-state index < -0.39 is 0 Å². The summed E-state index contributed by atoms with van der Waals surface area (Å²) in [5.74, 6) is 0.152. The highest BCUT2D eigenvalue weighted by atomic mass is 19.1. The van der Waals surface area contributed by atoms with E-state index in [9.17, 15) is 9.18 Å². The van der Waals surface area contributed by atoms with Gasteiger partial charge in [-0.05, 0) is 45.8 Å². The number of carbonyl (C=O) groups excluding carboxylic acids is 1. The first-order valence-corrected chi connectivity index (χ1v) is 10.4. The molecule has 2 aliphatic rings. The lowest BCUT2D eigenvalue weighted by Gasteiger charge is -2.36. The molecule has 1 aromatic carbocycles. The zero-order valence-electron chi connectivity index (χ0n) is 17.1. The molecule has 4 rings (SSSR count). The van der Waals surface area contributed by atoms with Crippen LogP contribution in [0.15, 0.2) is 30.5 Å². The number of piperidine rings is 1. The number of ether oxygens (including phenoxy) is 1. The van der Waals surface area contributed by atoms with Crippen molar-refractivity contribution in [3.05, 3.63) is 53.1 Å². The SMILES string of the molecule is C[C@@H]1CN(C(=O)c2cn[nH]c2C2CCN(Cc3ccccc3F)CC2)C[C@H](C)O1. The van der Waals surface area contributed by atoms with Crippen LogP contribution in [-0.4, -0.2) is 64.3 Å². The van der Waals surface area contributed by atoms with Gasteiger partial charge in [-0.3, -0.25) is 14.8 Å². The number of morpholine rings is 1. The van der Waals surface area contributed by atoms with Crippen molar-refractivity contribution >= 4 is 5.91 Å². The number of nitrogens with zero attached hydrogens (tertiary/aromatic N) is 3. The van der Waals surface area contributed by atoms with Crippen molar-refractivity contribution in [2.24, 2.45) is 0 Å². The maximum Gasteiger partial charge on any atom is 0.257 e. The molecular formula is C22H29FN4O2. The Morgan fingerprint density at radius 3 is 2.59 bits per heavy atom. The maximum absolute atomic E-state index is 13.9. The Morgan fingerprint density at radius 2 is 1.90 bits per heavy atom. The molecule has 156 valence electrons. The molecule has 29 heavy (non-hydrogen) atoms. The first-order valence-electron chi connectivity index (χ1n) is 10.4. The van der Waals surface area contributed by atoms with Crippen LogP contribution in [0.25, 0.3) is 0 Å². The van der Waals surface area contributed by atoms with Crippen LogP contribution in [-0.2, 0) is 11.3 Å². The van der Waals surface area contributed by atoms with Gasteiger partial charge in [0.15, 0.2) is 0 Å². The normalized spacial score (nSPS) is 24.0. The Morgan fingerprint density at radius 1 is 1.21 bits per heavy atom. The summed E-state index contributed by atoms with van der Waals surface area (Å²) < 4.78 is 19.7. The smallest absolute Gasteiger partial charge is 0.257 e. The Balaban J connectivity index is 1.39. The van der Waals surface area contributed by atoms with E-state index in [-0.39, 0.29) is 29.9 Å². The predicted octanol–water partition coefficient (Wildman–Crippen LogP) is 3.18. The topological polar surface area (TPSA) is 61.5 Å². The van der Waals surface area contributed by atoms with Crippen LogP contribution in [0.3, 0.4) is 0 Å². The number of nitrogens with one attached hydrogen (secondary N) is 1. The third-order valence-electron chi connectivity index (χ3n) is 5.95. The number of halogens is 1. The molecule has 0 aliphatic carbocycles. The molecule has 1 N–H and O–H groups in total. The van der Waals surface area contributed by atoms with Gasteiger partial charge in [0, 0.05) is 31.1 Å². The highest BCUT2D eigenvalue weighted by Gasteiger charge is 2.31. The lowest BCUT2D eigenvalue weighted by atomic mass is 9.90. The molecule has 2 aliphatic heterocycles. The molecule has 3 heterocycles. The summed E-state index contributed by atoms with van der Waals surface area (Å²) in [6, 6.07) is 6.95. The number of benzene rings is 1. The number of aromatic nitrogens is 2. The fraction of sp³-hybridized carbons (Fsp3) is 0.545. The van der Waals surface area contributed by atoms with Gasteiger partial charge in [-0.15, -0.1) is 0 Å². The number of rotatable bonds is 4. The average molecular weight is 400 g/mol. The quantitative estimate of drug-likeness (QED) is 0.856. The lowest BCUT2D eigenvalue weighted by molar-refractivity contribution is -0.0586. The van der Waals surface area contributed by atoms with Gasteiger partial charge in [0.25, 0.3) is 5.91 Å². The third-order valence-corrected chi connectivity index (χ3v) is 5.95. The van der Waals surface area contributed by atoms with Gasteiger partial charge in [-0.1, -0.05) is 18.2 Å². The fourth-order valence-corrected chi connectivity index (χ4v) is 4.54. The van der Waals surface area contributed by atoms with E-state index in [0.29, 0.717) is 25.2 Å². The van der Waals surface area contributed by atoms with Gasteiger partial charge in [0.2, 0.25) is 0 Å². The number of likely N-dealkylation sites (tertiary alicyclic amines) is 1. The van der Waals surface area contributed by atoms with Gasteiger partial charge in [-0.2, -0.15) is 5.10 Å². The highest BCUT2D eigenvalue weighted by molar-refractivity contribution is 5.95. The molecule has 6 nitrogen and oxygen atoms in total. The molecule has 1 amide bonds. The Bertz CT molecular complexity index is 837. The first kappa shape index (κ1) is 20.0. The van der Waals surface area contributed by atoms with E-state index in [0.717, 1.165) is 37.2 Å². The minimum Gasteiger partial charge on any atom is -0.372 e. The van der Waals surface area contributed by atoms with Crippen LogP contribution >= 0.6 is 0 Å².